The molecular formula is C51H37N3. The highest BCUT2D eigenvalue weighted by Gasteiger charge is 2.27. The predicted molar refractivity (Wildman–Crippen MR) is 227 cm³/mol. The van der Waals surface area contributed by atoms with Crippen molar-refractivity contribution in [3.8, 4) is 33.4 Å². The first-order valence-corrected chi connectivity index (χ1v) is 18.6. The molecule has 0 aromatic heterocycles. The number of rotatable bonds is 6. The van der Waals surface area contributed by atoms with Crippen molar-refractivity contribution in [2.24, 2.45) is 10.8 Å². The molecule has 3 heteroatoms. The van der Waals surface area contributed by atoms with E-state index in [1.54, 1.807) is 0 Å². The van der Waals surface area contributed by atoms with Crippen LogP contribution in [0, 0.1) is 0 Å². The molecule has 0 aliphatic heterocycles. The van der Waals surface area contributed by atoms with E-state index >= 15 is 0 Å². The van der Waals surface area contributed by atoms with E-state index in [1.165, 1.54) is 76.8 Å². The summed E-state index contributed by atoms with van der Waals surface area (Å²) >= 11 is 0. The second-order valence-electron chi connectivity index (χ2n) is 14.2. The van der Waals surface area contributed by atoms with Gasteiger partial charge in [-0.2, -0.15) is 0 Å². The Balaban J connectivity index is 1.09. The molecule has 0 saturated heterocycles. The molecule has 0 fully saturated rings. The number of nitrogens with zero attached hydrogens (tertiary/aromatic N) is 1. The first-order valence-electron chi connectivity index (χ1n) is 18.6. The van der Waals surface area contributed by atoms with Crippen LogP contribution in [-0.2, 0) is 6.42 Å². The van der Waals surface area contributed by atoms with Crippen LogP contribution in [0.25, 0.3) is 65.7 Å². The highest BCUT2D eigenvalue weighted by atomic mass is 15.3. The molecule has 0 radical (unpaired) electrons. The molecule has 0 saturated carbocycles. The fourth-order valence-corrected chi connectivity index (χ4v) is 8.49. The van der Waals surface area contributed by atoms with E-state index in [1.807, 2.05) is 6.07 Å². The van der Waals surface area contributed by atoms with E-state index in [-0.39, 0.29) is 6.04 Å². The average Bonchev–Trinajstić information content (AvgIpc) is 3.63. The number of hydrazine groups is 1. The van der Waals surface area contributed by atoms with Gasteiger partial charge in [0.25, 0.3) is 0 Å². The number of amidine groups is 1. The molecule has 256 valence electrons. The summed E-state index contributed by atoms with van der Waals surface area (Å²) in [7, 11) is 0. The molecule has 9 aromatic carbocycles. The molecule has 1 atom stereocenters. The van der Waals surface area contributed by atoms with Crippen molar-refractivity contribution in [1.29, 1.82) is 0 Å². The van der Waals surface area contributed by atoms with Gasteiger partial charge in [0.05, 0.1) is 0 Å². The van der Waals surface area contributed by atoms with E-state index in [0.29, 0.717) is 5.84 Å². The number of hydrogen-bond acceptors (Lipinski definition) is 2. The largest absolute Gasteiger partial charge is 0.308 e. The zero-order valence-electron chi connectivity index (χ0n) is 29.7. The van der Waals surface area contributed by atoms with E-state index in [4.69, 9.17) is 10.8 Å². The molecule has 0 spiro atoms. The Morgan fingerprint density at radius 2 is 1.02 bits per heavy atom. The quantitative estimate of drug-likeness (QED) is 0.0599. The van der Waals surface area contributed by atoms with Gasteiger partial charge in [-0.05, 0) is 107 Å². The van der Waals surface area contributed by atoms with Crippen LogP contribution < -0.4 is 11.3 Å². The molecule has 1 unspecified atom stereocenters. The van der Waals surface area contributed by atoms with E-state index in [2.05, 4.69) is 187 Å². The predicted octanol–water partition coefficient (Wildman–Crippen LogP) is 12.1. The minimum atomic E-state index is -0.282. The molecule has 54 heavy (non-hydrogen) atoms. The van der Waals surface area contributed by atoms with Crippen LogP contribution in [0.4, 0.5) is 0 Å². The minimum absolute atomic E-state index is 0.282. The van der Waals surface area contributed by atoms with Gasteiger partial charge in [0.1, 0.15) is 11.9 Å². The molecule has 0 bridgehead atoms. The van der Waals surface area contributed by atoms with Crippen molar-refractivity contribution in [3.05, 3.63) is 216 Å². The molecule has 1 aliphatic rings. The summed E-state index contributed by atoms with van der Waals surface area (Å²) in [5, 5.41) is 7.71. The van der Waals surface area contributed by atoms with Gasteiger partial charge in [0.15, 0.2) is 0 Å². The maximum Gasteiger partial charge on any atom is 0.143 e. The van der Waals surface area contributed by atoms with Crippen LogP contribution in [0.5, 0.6) is 0 Å². The SMILES string of the molecule is NNC(=NC(c1ccccc1)c1cccc2c1-c1cc(-c3ccc4c5ccccc5c5ccccc5c4c3)ccc1C2)c1ccc(-c2ccccc2)cc1. The summed E-state index contributed by atoms with van der Waals surface area (Å²) in [4.78, 5) is 5.41. The molecule has 0 heterocycles. The number of aliphatic imine (C=N–C) groups is 1. The summed E-state index contributed by atoms with van der Waals surface area (Å²) in [6.07, 6.45) is 0.890. The standard InChI is InChI=1S/C51H37N3/c52-54-51(36-24-22-34(23-25-36)33-12-3-1-4-13-33)53-50(35-14-5-2-6-15-35)46-21-11-16-40-30-39-27-26-37(31-47(39)49(40)46)38-28-29-45-43-19-8-7-17-41(43)42-18-9-10-20-44(42)48(45)32-38/h1-29,31-32,50H,30,52H2,(H,53,54). The van der Waals surface area contributed by atoms with Crippen molar-refractivity contribution in [2.45, 2.75) is 12.5 Å². The number of nitrogens with one attached hydrogen (secondary N) is 1. The smallest absolute Gasteiger partial charge is 0.143 e. The second-order valence-corrected chi connectivity index (χ2v) is 14.2. The highest BCUT2D eigenvalue weighted by molar-refractivity contribution is 6.25. The normalized spacial score (nSPS) is 12.9. The Labute approximate surface area is 315 Å². The van der Waals surface area contributed by atoms with Gasteiger partial charge >= 0.3 is 0 Å². The summed E-state index contributed by atoms with van der Waals surface area (Å²) < 4.78 is 0. The third kappa shape index (κ3) is 5.45. The van der Waals surface area contributed by atoms with Gasteiger partial charge in [0, 0.05) is 5.56 Å². The van der Waals surface area contributed by atoms with Crippen molar-refractivity contribution in [2.75, 3.05) is 0 Å². The highest BCUT2D eigenvalue weighted by Crippen LogP contribution is 2.45. The first-order chi connectivity index (χ1) is 26.7. The zero-order chi connectivity index (χ0) is 36.0. The maximum absolute atomic E-state index is 6.26. The van der Waals surface area contributed by atoms with Gasteiger partial charge in [0.2, 0.25) is 0 Å². The third-order valence-corrected chi connectivity index (χ3v) is 11.1. The average molecular weight is 692 g/mol. The van der Waals surface area contributed by atoms with E-state index < -0.39 is 0 Å². The topological polar surface area (TPSA) is 50.4 Å². The van der Waals surface area contributed by atoms with E-state index in [9.17, 15) is 0 Å². The van der Waals surface area contributed by atoms with Crippen LogP contribution in [0.1, 0.15) is 33.9 Å². The lowest BCUT2D eigenvalue weighted by atomic mass is 9.89. The number of nitrogens with two attached hydrogens (primary N) is 1. The van der Waals surface area contributed by atoms with Gasteiger partial charge < -0.3 is 5.43 Å². The Bertz CT molecular complexity index is 2840. The molecule has 9 aromatic rings. The van der Waals surface area contributed by atoms with Crippen LogP contribution in [-0.4, -0.2) is 5.84 Å². The second kappa shape index (κ2) is 13.3. The number of fused-ring (bicyclic) bond motifs is 9. The first kappa shape index (κ1) is 31.9. The van der Waals surface area contributed by atoms with Gasteiger partial charge in [-0.3, -0.25) is 4.99 Å². The summed E-state index contributed by atoms with van der Waals surface area (Å²) in [6.45, 7) is 0. The lowest BCUT2D eigenvalue weighted by molar-refractivity contribution is 0.853. The Morgan fingerprint density at radius 1 is 0.463 bits per heavy atom. The van der Waals surface area contributed by atoms with Crippen LogP contribution in [0.15, 0.2) is 193 Å². The fourth-order valence-electron chi connectivity index (χ4n) is 8.49. The van der Waals surface area contributed by atoms with E-state index in [0.717, 1.165) is 23.1 Å². The lowest BCUT2D eigenvalue weighted by Gasteiger charge is -2.20. The molecule has 3 nitrogen and oxygen atoms in total. The Kier molecular flexibility index (Phi) is 7.86. The van der Waals surface area contributed by atoms with Crippen molar-refractivity contribution in [1.82, 2.24) is 5.43 Å². The Morgan fingerprint density at radius 3 is 1.70 bits per heavy atom. The number of benzene rings is 9. The van der Waals surface area contributed by atoms with Gasteiger partial charge in [-0.1, -0.05) is 176 Å². The number of hydrogen-bond donors (Lipinski definition) is 2. The summed E-state index contributed by atoms with van der Waals surface area (Å²) in [6, 6.07) is 67.3. The zero-order valence-corrected chi connectivity index (χ0v) is 29.7. The van der Waals surface area contributed by atoms with Crippen LogP contribution in [0.2, 0.25) is 0 Å². The van der Waals surface area contributed by atoms with Crippen molar-refractivity contribution < 1.29 is 0 Å². The molecule has 3 N–H and O–H groups in total. The van der Waals surface area contributed by atoms with Gasteiger partial charge in [-0.25, -0.2) is 5.84 Å². The molecule has 10 rings (SSSR count). The fraction of sp³-hybridized carbons (Fsp3) is 0.0392. The molecule has 1 aliphatic carbocycles. The van der Waals surface area contributed by atoms with Gasteiger partial charge in [-0.15, -0.1) is 0 Å². The maximum atomic E-state index is 6.26. The summed E-state index contributed by atoms with van der Waals surface area (Å²) in [5.41, 5.74) is 16.1. The van der Waals surface area contributed by atoms with Crippen LogP contribution >= 0.6 is 0 Å². The molecular weight excluding hydrogens is 655 g/mol. The molecule has 0 amide bonds. The monoisotopic (exact) mass is 691 g/mol. The Hall–Kier alpha value is -6.81. The lowest BCUT2D eigenvalue weighted by Crippen LogP contribution is -2.31. The van der Waals surface area contributed by atoms with Crippen molar-refractivity contribution in [3.63, 3.8) is 0 Å². The third-order valence-electron chi connectivity index (χ3n) is 11.1. The van der Waals surface area contributed by atoms with Crippen molar-refractivity contribution >= 4 is 38.2 Å². The minimum Gasteiger partial charge on any atom is -0.308 e. The summed E-state index contributed by atoms with van der Waals surface area (Å²) in [5.74, 6) is 6.90. The van der Waals surface area contributed by atoms with Crippen LogP contribution in [0.3, 0.4) is 0 Å².